The molecule has 0 aliphatic carbocycles. The summed E-state index contributed by atoms with van der Waals surface area (Å²) in [6.45, 7) is 2.63. The fraction of sp³-hybridized carbons (Fsp3) is 0.310. The molecule has 1 N–H and O–H groups in total. The van der Waals surface area contributed by atoms with Gasteiger partial charge in [-0.05, 0) is 49.2 Å². The van der Waals surface area contributed by atoms with Crippen LogP contribution in [-0.4, -0.2) is 42.5 Å². The quantitative estimate of drug-likeness (QED) is 0.462. The zero-order chi connectivity index (χ0) is 25.8. The van der Waals surface area contributed by atoms with Gasteiger partial charge >= 0.3 is 0 Å². The molecule has 2 atom stereocenters. The molecule has 192 valence electrons. The van der Waals surface area contributed by atoms with Crippen molar-refractivity contribution in [2.45, 2.75) is 32.0 Å². The Hall–Kier alpha value is -3.06. The Morgan fingerprint density at radius 2 is 1.65 bits per heavy atom. The van der Waals surface area contributed by atoms with Crippen LogP contribution < -0.4 is 15.0 Å². The monoisotopic (exact) mass is 537 g/mol. The van der Waals surface area contributed by atoms with Crippen molar-refractivity contribution in [2.24, 2.45) is 5.92 Å². The lowest BCUT2D eigenvalue weighted by atomic mass is 9.95. The highest BCUT2D eigenvalue weighted by atomic mass is 35.5. The molecule has 0 spiro atoms. The van der Waals surface area contributed by atoms with Crippen molar-refractivity contribution in [2.75, 3.05) is 24.5 Å². The number of likely N-dealkylation sites (tertiary alicyclic amines) is 1. The van der Waals surface area contributed by atoms with Crippen LogP contribution in [0.1, 0.15) is 24.0 Å². The van der Waals surface area contributed by atoms with Crippen molar-refractivity contribution < 1.29 is 14.3 Å². The van der Waals surface area contributed by atoms with Gasteiger partial charge in [-0.3, -0.25) is 14.5 Å². The number of anilines is 1. The van der Waals surface area contributed by atoms with Crippen molar-refractivity contribution in [1.29, 1.82) is 0 Å². The molecular formula is C29H29Cl2N3O3. The number of ether oxygens (including phenoxy) is 1. The number of piperidine rings is 1. The van der Waals surface area contributed by atoms with Gasteiger partial charge in [0.25, 0.3) is 5.91 Å². The smallest absolute Gasteiger partial charge is 0.263 e. The lowest BCUT2D eigenvalue weighted by molar-refractivity contribution is -0.129. The van der Waals surface area contributed by atoms with Crippen LogP contribution >= 0.6 is 23.2 Å². The summed E-state index contributed by atoms with van der Waals surface area (Å²) in [6, 6.07) is 22.6. The van der Waals surface area contributed by atoms with Gasteiger partial charge in [0.15, 0.2) is 6.10 Å². The topological polar surface area (TPSA) is 61.9 Å². The number of fused-ring (bicyclic) bond motifs is 1. The molecule has 2 amide bonds. The molecule has 5 rings (SSSR count). The van der Waals surface area contributed by atoms with Gasteiger partial charge in [-0.1, -0.05) is 71.7 Å². The molecule has 2 aliphatic heterocycles. The Bertz CT molecular complexity index is 1250. The van der Waals surface area contributed by atoms with Crippen molar-refractivity contribution in [3.05, 3.63) is 94.0 Å². The second kappa shape index (κ2) is 11.5. The number of nitrogens with zero attached hydrogens (tertiary/aromatic N) is 2. The summed E-state index contributed by atoms with van der Waals surface area (Å²) in [5.74, 6) is 0.105. The maximum atomic E-state index is 13.9. The molecule has 1 saturated heterocycles. The molecule has 0 aromatic heterocycles. The average molecular weight is 538 g/mol. The lowest BCUT2D eigenvalue weighted by Crippen LogP contribution is -2.53. The van der Waals surface area contributed by atoms with E-state index in [-0.39, 0.29) is 24.3 Å². The number of benzene rings is 3. The van der Waals surface area contributed by atoms with Crippen LogP contribution in [0.15, 0.2) is 72.8 Å². The summed E-state index contributed by atoms with van der Waals surface area (Å²) in [6.07, 6.45) is 0.894. The molecule has 3 aromatic rings. The molecule has 0 radical (unpaired) electrons. The van der Waals surface area contributed by atoms with Gasteiger partial charge in [-0.2, -0.15) is 0 Å². The normalized spacial score (nSPS) is 19.6. The van der Waals surface area contributed by atoms with E-state index in [4.69, 9.17) is 27.9 Å². The first-order valence-corrected chi connectivity index (χ1v) is 13.3. The number of rotatable bonds is 6. The summed E-state index contributed by atoms with van der Waals surface area (Å²) in [4.78, 5) is 30.8. The summed E-state index contributed by atoms with van der Waals surface area (Å²) in [7, 11) is 0. The van der Waals surface area contributed by atoms with Gasteiger partial charge in [0.2, 0.25) is 5.91 Å². The van der Waals surface area contributed by atoms with E-state index in [2.05, 4.69) is 10.2 Å². The minimum atomic E-state index is -0.788. The van der Waals surface area contributed by atoms with Crippen molar-refractivity contribution in [1.82, 2.24) is 10.2 Å². The number of carbonyl (C=O) groups is 2. The van der Waals surface area contributed by atoms with Gasteiger partial charge in [0, 0.05) is 35.2 Å². The number of carbonyl (C=O) groups excluding carboxylic acids is 2. The number of hydrogen-bond donors (Lipinski definition) is 1. The van der Waals surface area contributed by atoms with Crippen LogP contribution in [0.25, 0.3) is 0 Å². The minimum Gasteiger partial charge on any atom is -0.477 e. The summed E-state index contributed by atoms with van der Waals surface area (Å²) < 4.78 is 6.03. The number of hydrogen-bond acceptors (Lipinski definition) is 4. The highest BCUT2D eigenvalue weighted by Crippen LogP contribution is 2.35. The number of halogens is 2. The van der Waals surface area contributed by atoms with E-state index in [0.29, 0.717) is 41.1 Å². The Labute approximate surface area is 227 Å². The van der Waals surface area contributed by atoms with E-state index in [0.717, 1.165) is 30.5 Å². The Morgan fingerprint density at radius 1 is 0.919 bits per heavy atom. The first-order chi connectivity index (χ1) is 18.0. The third kappa shape index (κ3) is 5.93. The fourth-order valence-electron chi connectivity index (χ4n) is 5.01. The Kier molecular flexibility index (Phi) is 7.99. The average Bonchev–Trinajstić information content (AvgIpc) is 2.93. The molecule has 0 unspecified atom stereocenters. The maximum Gasteiger partial charge on any atom is 0.263 e. The van der Waals surface area contributed by atoms with Crippen molar-refractivity contribution >= 4 is 40.7 Å². The van der Waals surface area contributed by atoms with Crippen LogP contribution in [0.2, 0.25) is 10.0 Å². The molecule has 1 fully saturated rings. The third-order valence-electron chi connectivity index (χ3n) is 6.94. The van der Waals surface area contributed by atoms with Crippen molar-refractivity contribution in [3.63, 3.8) is 0 Å². The summed E-state index contributed by atoms with van der Waals surface area (Å²) in [5, 5.41) is 4.21. The second-order valence-corrected chi connectivity index (χ2v) is 10.3. The zero-order valence-corrected chi connectivity index (χ0v) is 21.9. The molecule has 2 aliphatic rings. The number of nitrogens with one attached hydrogen (secondary N) is 1. The van der Waals surface area contributed by atoms with Crippen LogP contribution in [0.5, 0.6) is 5.75 Å². The van der Waals surface area contributed by atoms with E-state index in [1.54, 1.807) is 11.0 Å². The molecule has 3 aromatic carbocycles. The first-order valence-electron chi connectivity index (χ1n) is 12.5. The molecule has 6 nitrogen and oxygen atoms in total. The summed E-state index contributed by atoms with van der Waals surface area (Å²) >= 11 is 12.8. The van der Waals surface area contributed by atoms with Gasteiger partial charge in [-0.15, -0.1) is 0 Å². The van der Waals surface area contributed by atoms with E-state index in [9.17, 15) is 9.59 Å². The van der Waals surface area contributed by atoms with Crippen LogP contribution in [0.4, 0.5) is 5.69 Å². The predicted molar refractivity (Wildman–Crippen MR) is 146 cm³/mol. The molecule has 37 heavy (non-hydrogen) atoms. The van der Waals surface area contributed by atoms with Crippen molar-refractivity contribution in [3.8, 4) is 5.75 Å². The SMILES string of the molecule is O=C(NCc1ccccc1)[C@H]1CN(C(=O)[C@@H]2CCCN(Cc3c(Cl)cccc3Cl)C2)c2ccccc2O1. The van der Waals surface area contributed by atoms with Crippen LogP contribution in [0.3, 0.4) is 0 Å². The summed E-state index contributed by atoms with van der Waals surface area (Å²) in [5.41, 5.74) is 2.58. The lowest BCUT2D eigenvalue weighted by Gasteiger charge is -2.38. The highest BCUT2D eigenvalue weighted by molar-refractivity contribution is 6.35. The standard InChI is InChI=1S/C29H29Cl2N3O3/c30-23-11-6-12-24(31)22(23)18-33-15-7-10-21(17-33)29(36)34-19-27(37-26-14-5-4-13-25(26)34)28(35)32-16-20-8-2-1-3-9-20/h1-6,8-9,11-14,21,27H,7,10,15-19H2,(H,32,35)/t21-,27-/m1/s1. The van der Waals surface area contributed by atoms with Crippen LogP contribution in [0, 0.1) is 5.92 Å². The van der Waals surface area contributed by atoms with Gasteiger partial charge in [0.05, 0.1) is 18.2 Å². The fourth-order valence-corrected chi connectivity index (χ4v) is 5.52. The largest absolute Gasteiger partial charge is 0.477 e. The first kappa shape index (κ1) is 25.6. The van der Waals surface area contributed by atoms with Crippen LogP contribution in [-0.2, 0) is 22.7 Å². The Morgan fingerprint density at radius 3 is 2.43 bits per heavy atom. The molecule has 8 heteroatoms. The molecule has 0 bridgehead atoms. The number of para-hydroxylation sites is 2. The van der Waals surface area contributed by atoms with Gasteiger partial charge in [-0.25, -0.2) is 0 Å². The Balaban J connectivity index is 1.29. The molecular weight excluding hydrogens is 509 g/mol. The zero-order valence-electron chi connectivity index (χ0n) is 20.4. The third-order valence-corrected chi connectivity index (χ3v) is 7.65. The second-order valence-electron chi connectivity index (χ2n) is 9.50. The van der Waals surface area contributed by atoms with Gasteiger partial charge < -0.3 is 15.0 Å². The predicted octanol–water partition coefficient (Wildman–Crippen LogP) is 5.32. The van der Waals surface area contributed by atoms with E-state index < -0.39 is 6.10 Å². The number of amides is 2. The molecule has 2 heterocycles. The highest BCUT2D eigenvalue weighted by Gasteiger charge is 2.37. The van der Waals surface area contributed by atoms with Gasteiger partial charge in [0.1, 0.15) is 5.75 Å². The molecule has 0 saturated carbocycles. The minimum absolute atomic E-state index is 0.00608. The maximum absolute atomic E-state index is 13.9. The van der Waals surface area contributed by atoms with E-state index in [1.165, 1.54) is 0 Å². The van der Waals surface area contributed by atoms with E-state index >= 15 is 0 Å². The van der Waals surface area contributed by atoms with E-state index in [1.807, 2.05) is 66.7 Å².